The van der Waals surface area contributed by atoms with Gasteiger partial charge in [-0.05, 0) is 42.8 Å². The Hall–Kier alpha value is -2.35. The zero-order valence-corrected chi connectivity index (χ0v) is 10.1. The van der Waals surface area contributed by atoms with Crippen molar-refractivity contribution >= 4 is 11.9 Å². The van der Waals surface area contributed by atoms with Crippen LogP contribution in [0.15, 0.2) is 54.6 Å². The predicted octanol–water partition coefficient (Wildman–Crippen LogP) is 3.60. The molecule has 0 aliphatic heterocycles. The SMILES string of the molecule is Cc1ccc(C=CC(=O)c2ccc(O)cc2)cc1. The number of aromatic hydroxyl groups is 1. The minimum atomic E-state index is -0.0735. The van der Waals surface area contributed by atoms with Crippen molar-refractivity contribution in [2.45, 2.75) is 6.92 Å². The highest BCUT2D eigenvalue weighted by molar-refractivity contribution is 6.06. The number of aryl methyl sites for hydroxylation is 1. The molecular weight excluding hydrogens is 224 g/mol. The van der Waals surface area contributed by atoms with Gasteiger partial charge in [-0.1, -0.05) is 35.9 Å². The summed E-state index contributed by atoms with van der Waals surface area (Å²) in [6.45, 7) is 2.02. The first-order valence-corrected chi connectivity index (χ1v) is 5.73. The lowest BCUT2D eigenvalue weighted by atomic mass is 10.1. The van der Waals surface area contributed by atoms with Crippen LogP contribution in [-0.4, -0.2) is 10.9 Å². The minimum Gasteiger partial charge on any atom is -0.508 e. The second-order valence-corrected chi connectivity index (χ2v) is 4.16. The van der Waals surface area contributed by atoms with Crippen LogP contribution in [-0.2, 0) is 0 Å². The fraction of sp³-hybridized carbons (Fsp3) is 0.0625. The van der Waals surface area contributed by atoms with Crippen LogP contribution in [0.3, 0.4) is 0 Å². The van der Waals surface area contributed by atoms with Gasteiger partial charge in [0.25, 0.3) is 0 Å². The van der Waals surface area contributed by atoms with E-state index in [0.717, 1.165) is 5.56 Å². The molecule has 0 saturated heterocycles. The summed E-state index contributed by atoms with van der Waals surface area (Å²) in [6.07, 6.45) is 3.33. The molecule has 2 nitrogen and oxygen atoms in total. The molecule has 90 valence electrons. The Labute approximate surface area is 106 Å². The van der Waals surface area contributed by atoms with Crippen molar-refractivity contribution in [2.24, 2.45) is 0 Å². The van der Waals surface area contributed by atoms with Crippen molar-refractivity contribution in [3.05, 3.63) is 71.3 Å². The van der Waals surface area contributed by atoms with E-state index in [1.807, 2.05) is 31.2 Å². The molecule has 0 radical (unpaired) electrons. The van der Waals surface area contributed by atoms with Crippen LogP contribution in [0.1, 0.15) is 21.5 Å². The number of carbonyl (C=O) groups is 1. The maximum atomic E-state index is 11.8. The number of ketones is 1. The highest BCUT2D eigenvalue weighted by atomic mass is 16.3. The largest absolute Gasteiger partial charge is 0.508 e. The number of allylic oxidation sites excluding steroid dienone is 1. The molecule has 0 bridgehead atoms. The smallest absolute Gasteiger partial charge is 0.185 e. The molecule has 0 aromatic heterocycles. The molecule has 2 aromatic rings. The quantitative estimate of drug-likeness (QED) is 0.655. The Bertz CT molecular complexity index is 563. The van der Waals surface area contributed by atoms with E-state index >= 15 is 0 Å². The Morgan fingerprint density at radius 3 is 2.22 bits per heavy atom. The number of hydrogen-bond donors (Lipinski definition) is 1. The first-order chi connectivity index (χ1) is 8.65. The van der Waals surface area contributed by atoms with Gasteiger partial charge in [0.15, 0.2) is 5.78 Å². The molecule has 0 fully saturated rings. The monoisotopic (exact) mass is 238 g/mol. The van der Waals surface area contributed by atoms with Crippen molar-refractivity contribution in [1.82, 2.24) is 0 Å². The van der Waals surface area contributed by atoms with Gasteiger partial charge in [0.05, 0.1) is 0 Å². The highest BCUT2D eigenvalue weighted by Gasteiger charge is 2.00. The van der Waals surface area contributed by atoms with Crippen molar-refractivity contribution in [2.75, 3.05) is 0 Å². The molecule has 18 heavy (non-hydrogen) atoms. The average Bonchev–Trinajstić information content (AvgIpc) is 2.38. The van der Waals surface area contributed by atoms with E-state index in [2.05, 4.69) is 0 Å². The summed E-state index contributed by atoms with van der Waals surface area (Å²) in [4.78, 5) is 11.8. The van der Waals surface area contributed by atoms with E-state index in [0.29, 0.717) is 5.56 Å². The summed E-state index contributed by atoms with van der Waals surface area (Å²) in [5, 5.41) is 9.14. The zero-order valence-electron chi connectivity index (χ0n) is 10.1. The van der Waals surface area contributed by atoms with E-state index in [4.69, 9.17) is 5.11 Å². The van der Waals surface area contributed by atoms with Crippen LogP contribution in [0.5, 0.6) is 5.75 Å². The van der Waals surface area contributed by atoms with Crippen LogP contribution >= 0.6 is 0 Å². The summed E-state index contributed by atoms with van der Waals surface area (Å²) in [5.41, 5.74) is 2.75. The number of rotatable bonds is 3. The molecule has 0 spiro atoms. The summed E-state index contributed by atoms with van der Waals surface area (Å²) in [7, 11) is 0. The lowest BCUT2D eigenvalue weighted by Crippen LogP contribution is -1.92. The standard InChI is InChI=1S/C16H14O2/c1-12-2-4-13(5-3-12)6-11-16(18)14-7-9-15(17)10-8-14/h2-11,17H,1H3. The Morgan fingerprint density at radius 2 is 1.61 bits per heavy atom. The summed E-state index contributed by atoms with van der Waals surface area (Å²) < 4.78 is 0. The second kappa shape index (κ2) is 5.32. The maximum Gasteiger partial charge on any atom is 0.185 e. The number of benzene rings is 2. The van der Waals surface area contributed by atoms with Crippen LogP contribution in [0, 0.1) is 6.92 Å². The molecular formula is C16H14O2. The third-order valence-corrected chi connectivity index (χ3v) is 2.66. The van der Waals surface area contributed by atoms with Gasteiger partial charge in [-0.3, -0.25) is 4.79 Å². The lowest BCUT2D eigenvalue weighted by Gasteiger charge is -1.97. The van der Waals surface area contributed by atoms with Crippen LogP contribution in [0.25, 0.3) is 6.08 Å². The number of phenols is 1. The van der Waals surface area contributed by atoms with Gasteiger partial charge < -0.3 is 5.11 Å². The number of carbonyl (C=O) groups excluding carboxylic acids is 1. The molecule has 0 unspecified atom stereocenters. The Kier molecular flexibility index (Phi) is 3.58. The van der Waals surface area contributed by atoms with Gasteiger partial charge in [0.1, 0.15) is 5.75 Å². The molecule has 2 aromatic carbocycles. The van der Waals surface area contributed by atoms with Crippen molar-refractivity contribution in [3.63, 3.8) is 0 Å². The fourth-order valence-corrected chi connectivity index (χ4v) is 1.57. The maximum absolute atomic E-state index is 11.8. The summed E-state index contributed by atoms with van der Waals surface area (Å²) in [5.74, 6) is 0.0876. The van der Waals surface area contributed by atoms with Gasteiger partial charge in [0.2, 0.25) is 0 Å². The van der Waals surface area contributed by atoms with Crippen molar-refractivity contribution in [3.8, 4) is 5.75 Å². The number of hydrogen-bond acceptors (Lipinski definition) is 2. The predicted molar refractivity (Wildman–Crippen MR) is 72.7 cm³/mol. The Morgan fingerprint density at radius 1 is 1.00 bits per heavy atom. The normalized spacial score (nSPS) is 10.7. The molecule has 1 N–H and O–H groups in total. The molecule has 0 aliphatic carbocycles. The van der Waals surface area contributed by atoms with Gasteiger partial charge >= 0.3 is 0 Å². The van der Waals surface area contributed by atoms with Crippen molar-refractivity contribution in [1.29, 1.82) is 0 Å². The van der Waals surface area contributed by atoms with Crippen LogP contribution < -0.4 is 0 Å². The third-order valence-electron chi connectivity index (χ3n) is 2.66. The zero-order chi connectivity index (χ0) is 13.0. The average molecular weight is 238 g/mol. The molecule has 0 atom stereocenters. The molecule has 0 saturated carbocycles. The number of phenolic OH excluding ortho intramolecular Hbond substituents is 1. The van der Waals surface area contributed by atoms with E-state index in [-0.39, 0.29) is 11.5 Å². The minimum absolute atomic E-state index is 0.0735. The van der Waals surface area contributed by atoms with Gasteiger partial charge in [0, 0.05) is 5.56 Å². The van der Waals surface area contributed by atoms with Crippen LogP contribution in [0.2, 0.25) is 0 Å². The summed E-state index contributed by atoms with van der Waals surface area (Å²) in [6, 6.07) is 14.2. The van der Waals surface area contributed by atoms with Gasteiger partial charge in [-0.25, -0.2) is 0 Å². The topological polar surface area (TPSA) is 37.3 Å². The summed E-state index contributed by atoms with van der Waals surface area (Å²) >= 11 is 0. The molecule has 2 rings (SSSR count). The lowest BCUT2D eigenvalue weighted by molar-refractivity contribution is 0.104. The third kappa shape index (κ3) is 3.08. The van der Waals surface area contributed by atoms with Gasteiger partial charge in [-0.15, -0.1) is 0 Å². The van der Waals surface area contributed by atoms with Crippen molar-refractivity contribution < 1.29 is 9.90 Å². The Balaban J connectivity index is 2.11. The van der Waals surface area contributed by atoms with E-state index in [9.17, 15) is 4.79 Å². The molecule has 0 heterocycles. The van der Waals surface area contributed by atoms with E-state index in [1.165, 1.54) is 23.8 Å². The van der Waals surface area contributed by atoms with Gasteiger partial charge in [-0.2, -0.15) is 0 Å². The van der Waals surface area contributed by atoms with E-state index < -0.39 is 0 Å². The fourth-order valence-electron chi connectivity index (χ4n) is 1.57. The molecule has 2 heteroatoms. The molecule has 0 aliphatic rings. The van der Waals surface area contributed by atoms with E-state index in [1.54, 1.807) is 18.2 Å². The highest BCUT2D eigenvalue weighted by Crippen LogP contribution is 2.11. The first-order valence-electron chi connectivity index (χ1n) is 5.73. The first kappa shape index (κ1) is 12.1. The van der Waals surface area contributed by atoms with Crippen LogP contribution in [0.4, 0.5) is 0 Å². The second-order valence-electron chi connectivity index (χ2n) is 4.16. The molecule has 0 amide bonds.